The van der Waals surface area contributed by atoms with Gasteiger partial charge in [0.2, 0.25) is 4.33 Å². The van der Waals surface area contributed by atoms with Crippen molar-refractivity contribution in [1.29, 1.82) is 0 Å². The highest BCUT2D eigenvalue weighted by molar-refractivity contribution is 6.69. The summed E-state index contributed by atoms with van der Waals surface area (Å²) in [5.41, 5.74) is 0. The van der Waals surface area contributed by atoms with Gasteiger partial charge in [0.1, 0.15) is 0 Å². The number of aliphatic carboxylic acids is 1. The van der Waals surface area contributed by atoms with Gasteiger partial charge in [-0.2, -0.15) is 0 Å². The first-order valence-electron chi connectivity index (χ1n) is 2.30. The summed E-state index contributed by atoms with van der Waals surface area (Å²) in [7, 11) is 0. The molecule has 0 aromatic carbocycles. The molecule has 0 amide bonds. The smallest absolute Gasteiger partial charge is 0.343 e. The van der Waals surface area contributed by atoms with E-state index in [0.717, 1.165) is 0 Å². The van der Waals surface area contributed by atoms with Crippen LogP contribution in [-0.4, -0.2) is 25.6 Å². The molecule has 1 N–H and O–H groups in total. The third-order valence-electron chi connectivity index (χ3n) is 0.896. The van der Waals surface area contributed by atoms with Crippen LogP contribution in [0.5, 0.6) is 0 Å². The molecule has 66 valence electrons. The zero-order valence-electron chi connectivity index (χ0n) is 4.95. The Morgan fingerprint density at radius 1 is 1.27 bits per heavy atom. The second kappa shape index (κ2) is 3.75. The van der Waals surface area contributed by atoms with Gasteiger partial charge in [-0.25, -0.2) is 4.79 Å². The Morgan fingerprint density at radius 2 is 1.64 bits per heavy atom. The highest BCUT2D eigenvalue weighted by atomic mass is 35.5. The van der Waals surface area contributed by atoms with Crippen molar-refractivity contribution in [2.24, 2.45) is 0 Å². The van der Waals surface area contributed by atoms with Crippen LogP contribution in [0.2, 0.25) is 0 Å². The SMILES string of the molecule is O=C(O)C(Cl)(Cl)C(Cl)(Cl)CCl. The first kappa shape index (κ1) is 11.9. The van der Waals surface area contributed by atoms with Gasteiger partial charge in [0.05, 0.1) is 5.88 Å². The van der Waals surface area contributed by atoms with E-state index in [1.165, 1.54) is 0 Å². The molecule has 0 heterocycles. The van der Waals surface area contributed by atoms with Gasteiger partial charge in [0.15, 0.2) is 4.33 Å². The van der Waals surface area contributed by atoms with Crippen LogP contribution in [0.3, 0.4) is 0 Å². The van der Waals surface area contributed by atoms with Crippen molar-refractivity contribution < 1.29 is 9.90 Å². The summed E-state index contributed by atoms with van der Waals surface area (Å²) >= 11 is 26.6. The summed E-state index contributed by atoms with van der Waals surface area (Å²) in [6.07, 6.45) is 0. The predicted octanol–water partition coefficient (Wildman–Crippen LogP) is 2.66. The highest BCUT2D eigenvalue weighted by Crippen LogP contribution is 2.43. The Labute approximate surface area is 88.3 Å². The van der Waals surface area contributed by atoms with E-state index in [9.17, 15) is 4.79 Å². The van der Waals surface area contributed by atoms with Crippen LogP contribution in [0.25, 0.3) is 0 Å². The second-order valence-corrected chi connectivity index (χ2v) is 4.80. The number of carbonyl (C=O) groups is 1. The number of carboxylic acid groups (broad SMARTS) is 1. The molecule has 0 fully saturated rings. The maximum absolute atomic E-state index is 10.3. The molecule has 0 unspecified atom stereocenters. The van der Waals surface area contributed by atoms with E-state index < -0.39 is 14.6 Å². The summed E-state index contributed by atoms with van der Waals surface area (Å²) in [6.45, 7) is 0. The van der Waals surface area contributed by atoms with E-state index in [2.05, 4.69) is 0 Å². The molecule has 0 rings (SSSR count). The van der Waals surface area contributed by atoms with Gasteiger partial charge in [-0.1, -0.05) is 46.4 Å². The van der Waals surface area contributed by atoms with E-state index in [0.29, 0.717) is 0 Å². The molecule has 0 saturated carbocycles. The molecule has 7 heteroatoms. The molecular weight excluding hydrogens is 257 g/mol. The van der Waals surface area contributed by atoms with Gasteiger partial charge in [-0.15, -0.1) is 11.6 Å². The fourth-order valence-corrected chi connectivity index (χ4v) is 0.873. The quantitative estimate of drug-likeness (QED) is 0.792. The average Bonchev–Trinajstić information content (AvgIpc) is 1.87. The van der Waals surface area contributed by atoms with Crippen LogP contribution in [0, 0.1) is 0 Å². The molecule has 0 aliphatic carbocycles. The minimum atomic E-state index is -2.29. The van der Waals surface area contributed by atoms with E-state index >= 15 is 0 Å². The number of alkyl halides is 5. The maximum Gasteiger partial charge on any atom is 0.343 e. The zero-order chi connectivity index (χ0) is 9.28. The number of carboxylic acids is 1. The molecular formula is C4H3Cl5O2. The van der Waals surface area contributed by atoms with Crippen molar-refractivity contribution in [2.45, 2.75) is 8.67 Å². The molecule has 11 heavy (non-hydrogen) atoms. The Kier molecular flexibility index (Phi) is 4.07. The Bertz CT molecular complexity index is 166. The van der Waals surface area contributed by atoms with Crippen molar-refractivity contribution in [3.8, 4) is 0 Å². The highest BCUT2D eigenvalue weighted by Gasteiger charge is 2.53. The van der Waals surface area contributed by atoms with Gasteiger partial charge in [0.25, 0.3) is 0 Å². The van der Waals surface area contributed by atoms with E-state index in [1.54, 1.807) is 0 Å². The number of hydrogen-bond donors (Lipinski definition) is 1. The lowest BCUT2D eigenvalue weighted by Crippen LogP contribution is -2.44. The van der Waals surface area contributed by atoms with Crippen LogP contribution in [0.1, 0.15) is 0 Å². The molecule has 0 bridgehead atoms. The zero-order valence-corrected chi connectivity index (χ0v) is 8.73. The Morgan fingerprint density at radius 3 is 1.73 bits per heavy atom. The molecule has 2 nitrogen and oxygen atoms in total. The first-order chi connectivity index (χ1) is 4.75. The molecule has 0 spiro atoms. The van der Waals surface area contributed by atoms with Crippen LogP contribution in [0.15, 0.2) is 0 Å². The molecule has 0 aromatic rings. The van der Waals surface area contributed by atoms with Crippen molar-refractivity contribution >= 4 is 64.0 Å². The van der Waals surface area contributed by atoms with Crippen molar-refractivity contribution in [3.05, 3.63) is 0 Å². The fraction of sp³-hybridized carbons (Fsp3) is 0.750. The van der Waals surface area contributed by atoms with Crippen molar-refractivity contribution in [3.63, 3.8) is 0 Å². The standard InChI is InChI=1S/C4H3Cl5O2/c5-1-3(6,7)4(8,9)2(10)11/h1H2,(H,10,11). The van der Waals surface area contributed by atoms with E-state index in [1.807, 2.05) is 0 Å². The minimum Gasteiger partial charge on any atom is -0.479 e. The number of hydrogen-bond acceptors (Lipinski definition) is 1. The summed E-state index contributed by atoms with van der Waals surface area (Å²) in [6, 6.07) is 0. The molecule has 0 saturated heterocycles. The molecule has 0 aliphatic heterocycles. The monoisotopic (exact) mass is 258 g/mol. The third kappa shape index (κ3) is 2.43. The first-order valence-corrected chi connectivity index (χ1v) is 4.35. The summed E-state index contributed by atoms with van der Waals surface area (Å²) in [5, 5.41) is 8.42. The summed E-state index contributed by atoms with van der Waals surface area (Å²) in [4.78, 5) is 10.3. The van der Waals surface area contributed by atoms with Crippen LogP contribution in [0.4, 0.5) is 0 Å². The number of rotatable bonds is 3. The van der Waals surface area contributed by atoms with E-state index in [4.69, 9.17) is 63.1 Å². The molecule has 0 aromatic heterocycles. The van der Waals surface area contributed by atoms with E-state index in [-0.39, 0.29) is 5.88 Å². The maximum atomic E-state index is 10.3. The molecule has 0 radical (unpaired) electrons. The fourth-order valence-electron chi connectivity index (χ4n) is 0.240. The molecule has 0 atom stereocenters. The van der Waals surface area contributed by atoms with Crippen LogP contribution in [-0.2, 0) is 4.79 Å². The predicted molar refractivity (Wildman–Crippen MR) is 47.2 cm³/mol. The van der Waals surface area contributed by atoms with Gasteiger partial charge >= 0.3 is 5.97 Å². The summed E-state index contributed by atoms with van der Waals surface area (Å²) < 4.78 is -4.19. The van der Waals surface area contributed by atoms with Gasteiger partial charge < -0.3 is 5.11 Å². The Balaban J connectivity index is 4.67. The van der Waals surface area contributed by atoms with Crippen molar-refractivity contribution in [1.82, 2.24) is 0 Å². The number of halogens is 5. The topological polar surface area (TPSA) is 37.3 Å². The third-order valence-corrected chi connectivity index (χ3v) is 3.76. The lowest BCUT2D eigenvalue weighted by Gasteiger charge is -2.26. The Hall–Kier alpha value is 0.920. The van der Waals surface area contributed by atoms with Gasteiger partial charge in [-0.05, 0) is 0 Å². The van der Waals surface area contributed by atoms with Gasteiger partial charge in [-0.3, -0.25) is 0 Å². The van der Waals surface area contributed by atoms with Crippen LogP contribution < -0.4 is 0 Å². The van der Waals surface area contributed by atoms with Crippen LogP contribution >= 0.6 is 58.0 Å². The largest absolute Gasteiger partial charge is 0.479 e. The molecule has 0 aliphatic rings. The lowest BCUT2D eigenvalue weighted by molar-refractivity contribution is -0.138. The summed E-state index contributed by atoms with van der Waals surface area (Å²) in [5.74, 6) is -1.92. The lowest BCUT2D eigenvalue weighted by atomic mass is 10.3. The van der Waals surface area contributed by atoms with Crippen molar-refractivity contribution in [2.75, 3.05) is 5.88 Å². The van der Waals surface area contributed by atoms with Gasteiger partial charge in [0, 0.05) is 0 Å². The minimum absolute atomic E-state index is 0.380. The average molecular weight is 260 g/mol. The second-order valence-electron chi connectivity index (χ2n) is 1.72. The normalized spacial score (nSPS) is 13.2.